The molecule has 2 aromatic rings. The number of carbonyl (C=O) groups excluding carboxylic acids is 1. The van der Waals surface area contributed by atoms with Gasteiger partial charge >= 0.3 is 0 Å². The smallest absolute Gasteiger partial charge is 0.226 e. The van der Waals surface area contributed by atoms with E-state index in [0.717, 1.165) is 56.7 Å². The minimum atomic E-state index is -0.386. The number of hydrogen-bond acceptors (Lipinski definition) is 4. The van der Waals surface area contributed by atoms with Crippen molar-refractivity contribution in [2.24, 2.45) is 5.41 Å². The maximum absolute atomic E-state index is 12.9. The molecule has 1 aromatic carbocycles. The van der Waals surface area contributed by atoms with Crippen molar-refractivity contribution in [1.29, 1.82) is 5.26 Å². The lowest BCUT2D eigenvalue weighted by molar-refractivity contribution is -0.131. The number of aromatic nitrogens is 2. The third kappa shape index (κ3) is 4.32. The first-order valence-electron chi connectivity index (χ1n) is 10.8. The van der Waals surface area contributed by atoms with E-state index in [9.17, 15) is 10.1 Å². The van der Waals surface area contributed by atoms with Gasteiger partial charge in [0.15, 0.2) is 0 Å². The van der Waals surface area contributed by atoms with Crippen LogP contribution in [0.15, 0.2) is 24.4 Å². The maximum atomic E-state index is 12.9. The van der Waals surface area contributed by atoms with E-state index < -0.39 is 0 Å². The van der Waals surface area contributed by atoms with Crippen molar-refractivity contribution >= 4 is 23.2 Å². The molecule has 0 unspecified atom stereocenters. The molecule has 0 saturated carbocycles. The van der Waals surface area contributed by atoms with Crippen LogP contribution in [-0.4, -0.2) is 35.1 Å². The van der Waals surface area contributed by atoms with Gasteiger partial charge in [-0.15, -0.1) is 0 Å². The summed E-state index contributed by atoms with van der Waals surface area (Å²) in [5, 5.41) is 13.1. The van der Waals surface area contributed by atoms with Crippen LogP contribution < -0.4 is 10.2 Å². The maximum Gasteiger partial charge on any atom is 0.226 e. The normalized spacial score (nSPS) is 17.8. The van der Waals surface area contributed by atoms with E-state index in [2.05, 4.69) is 27.0 Å². The second-order valence-corrected chi connectivity index (χ2v) is 9.06. The molecule has 30 heavy (non-hydrogen) atoms. The van der Waals surface area contributed by atoms with Gasteiger partial charge in [-0.2, -0.15) is 5.26 Å². The molecule has 2 aliphatic rings. The van der Waals surface area contributed by atoms with Crippen molar-refractivity contribution in [1.82, 2.24) is 14.9 Å². The first-order valence-corrected chi connectivity index (χ1v) is 11.1. The van der Waals surface area contributed by atoms with Crippen molar-refractivity contribution in [2.75, 3.05) is 24.5 Å². The highest BCUT2D eigenvalue weighted by atomic mass is 35.5. The lowest BCUT2D eigenvalue weighted by atomic mass is 9.79. The Hall–Kier alpha value is -2.52. The summed E-state index contributed by atoms with van der Waals surface area (Å²) in [4.78, 5) is 19.8. The summed E-state index contributed by atoms with van der Waals surface area (Å²) in [6.07, 6.45) is 7.91. The molecule has 1 amide bonds. The molecule has 1 aromatic heterocycles. The second kappa shape index (κ2) is 8.69. The molecular weight excluding hydrogens is 398 g/mol. The van der Waals surface area contributed by atoms with Crippen LogP contribution in [0.5, 0.6) is 0 Å². The van der Waals surface area contributed by atoms with Gasteiger partial charge in [0.2, 0.25) is 5.91 Å². The summed E-state index contributed by atoms with van der Waals surface area (Å²) in [6, 6.07) is 7.63. The quantitative estimate of drug-likeness (QED) is 0.792. The Balaban J connectivity index is 1.30. The van der Waals surface area contributed by atoms with Gasteiger partial charge in [0, 0.05) is 55.7 Å². The number of nitriles is 1. The fraction of sp³-hybridized carbons (Fsp3) is 0.522. The monoisotopic (exact) mass is 425 g/mol. The van der Waals surface area contributed by atoms with Gasteiger partial charge in [-0.25, -0.2) is 4.98 Å². The number of nitrogens with one attached hydrogen (secondary N) is 1. The first kappa shape index (κ1) is 20.7. The highest BCUT2D eigenvalue weighted by molar-refractivity contribution is 6.30. The number of anilines is 1. The predicted octanol–water partition coefficient (Wildman–Crippen LogP) is 3.71. The Morgan fingerprint density at radius 2 is 2.10 bits per heavy atom. The van der Waals surface area contributed by atoms with Gasteiger partial charge in [-0.3, -0.25) is 4.79 Å². The molecule has 6 nitrogen and oxygen atoms in total. The number of aryl methyl sites for hydroxylation is 2. The van der Waals surface area contributed by atoms with Gasteiger partial charge < -0.3 is 14.8 Å². The summed E-state index contributed by atoms with van der Waals surface area (Å²) >= 11 is 6.02. The molecule has 0 spiro atoms. The van der Waals surface area contributed by atoms with E-state index >= 15 is 0 Å². The number of amides is 1. The predicted molar refractivity (Wildman–Crippen MR) is 118 cm³/mol. The Bertz CT molecular complexity index is 945. The van der Waals surface area contributed by atoms with Gasteiger partial charge in [0.1, 0.15) is 11.9 Å². The Morgan fingerprint density at radius 1 is 1.30 bits per heavy atom. The van der Waals surface area contributed by atoms with Crippen molar-refractivity contribution < 1.29 is 4.79 Å². The molecule has 1 N–H and O–H groups in total. The molecule has 0 radical (unpaired) electrons. The van der Waals surface area contributed by atoms with E-state index in [0.29, 0.717) is 17.1 Å². The van der Waals surface area contributed by atoms with Crippen LogP contribution in [-0.2, 0) is 24.2 Å². The minimum Gasteiger partial charge on any atom is -0.370 e. The fourth-order valence-corrected chi connectivity index (χ4v) is 4.62. The number of nitrogens with zero attached hydrogens (tertiary/aromatic N) is 4. The summed E-state index contributed by atoms with van der Waals surface area (Å²) < 4.78 is 2.25. The molecule has 158 valence electrons. The highest BCUT2D eigenvalue weighted by Crippen LogP contribution is 2.35. The van der Waals surface area contributed by atoms with Gasteiger partial charge in [0.25, 0.3) is 0 Å². The minimum absolute atomic E-state index is 0.114. The van der Waals surface area contributed by atoms with E-state index in [1.54, 1.807) is 6.07 Å². The van der Waals surface area contributed by atoms with Crippen LogP contribution in [0.3, 0.4) is 0 Å². The highest BCUT2D eigenvalue weighted by Gasteiger charge is 2.37. The van der Waals surface area contributed by atoms with Crippen LogP contribution in [0.25, 0.3) is 0 Å². The van der Waals surface area contributed by atoms with Crippen molar-refractivity contribution in [3.05, 3.63) is 46.5 Å². The van der Waals surface area contributed by atoms with E-state index in [4.69, 9.17) is 16.6 Å². The zero-order chi connectivity index (χ0) is 21.1. The SMILES string of the molecule is CC1(C(=O)NCCc2cn3c(n2)CCCC3)CCN(c2ccc(Cl)cc2C#N)CC1. The molecule has 3 heterocycles. The molecule has 1 fully saturated rings. The summed E-state index contributed by atoms with van der Waals surface area (Å²) in [5.41, 5.74) is 2.16. The number of piperidine rings is 1. The summed E-state index contributed by atoms with van der Waals surface area (Å²) in [5.74, 6) is 1.29. The second-order valence-electron chi connectivity index (χ2n) is 8.63. The number of benzene rings is 1. The Morgan fingerprint density at radius 3 is 2.83 bits per heavy atom. The third-order valence-electron chi connectivity index (χ3n) is 6.46. The number of fused-ring (bicyclic) bond motifs is 1. The molecule has 0 atom stereocenters. The summed E-state index contributed by atoms with van der Waals surface area (Å²) in [6.45, 7) is 5.21. The fourth-order valence-electron chi connectivity index (χ4n) is 4.45. The zero-order valence-corrected chi connectivity index (χ0v) is 18.2. The largest absolute Gasteiger partial charge is 0.370 e. The average molecular weight is 426 g/mol. The van der Waals surface area contributed by atoms with Crippen molar-refractivity contribution in [3.63, 3.8) is 0 Å². The molecule has 0 bridgehead atoms. The van der Waals surface area contributed by atoms with Crippen LogP contribution in [0.1, 0.15) is 49.7 Å². The van der Waals surface area contributed by atoms with Crippen LogP contribution >= 0.6 is 11.6 Å². The zero-order valence-electron chi connectivity index (χ0n) is 17.5. The van der Waals surface area contributed by atoms with Crippen molar-refractivity contribution in [3.8, 4) is 6.07 Å². The Kier molecular flexibility index (Phi) is 6.01. The molecule has 4 rings (SSSR count). The summed E-state index contributed by atoms with van der Waals surface area (Å²) in [7, 11) is 0. The number of halogens is 1. The van der Waals surface area contributed by atoms with Gasteiger partial charge in [-0.1, -0.05) is 18.5 Å². The third-order valence-corrected chi connectivity index (χ3v) is 6.70. The van der Waals surface area contributed by atoms with Crippen LogP contribution in [0, 0.1) is 16.7 Å². The molecular formula is C23H28ClN5O. The molecule has 2 aliphatic heterocycles. The molecule has 1 saturated heterocycles. The number of rotatable bonds is 5. The van der Waals surface area contributed by atoms with Crippen molar-refractivity contribution in [2.45, 2.75) is 52.0 Å². The van der Waals surface area contributed by atoms with E-state index in [1.807, 2.05) is 19.1 Å². The number of imidazole rings is 1. The molecule has 0 aliphatic carbocycles. The Labute approximate surface area is 182 Å². The number of hydrogen-bond donors (Lipinski definition) is 1. The topological polar surface area (TPSA) is 74.0 Å². The lowest BCUT2D eigenvalue weighted by Crippen LogP contribution is -2.47. The van der Waals surface area contributed by atoms with E-state index in [-0.39, 0.29) is 11.3 Å². The lowest BCUT2D eigenvalue weighted by Gasteiger charge is -2.39. The standard InChI is InChI=1S/C23H28ClN5O/c1-23(8-12-28(13-9-23)20-6-5-18(24)14-17(20)15-25)22(30)26-10-7-19-16-29-11-3-2-4-21(29)27-19/h5-6,14,16H,2-4,7-13H2,1H3,(H,26,30). The van der Waals surface area contributed by atoms with Gasteiger partial charge in [-0.05, 0) is 43.9 Å². The number of carbonyl (C=O) groups is 1. The first-order chi connectivity index (χ1) is 14.5. The van der Waals surface area contributed by atoms with Gasteiger partial charge in [0.05, 0.1) is 16.9 Å². The molecule has 7 heteroatoms. The van der Waals surface area contributed by atoms with Crippen LogP contribution in [0.4, 0.5) is 5.69 Å². The van der Waals surface area contributed by atoms with E-state index in [1.165, 1.54) is 18.7 Å². The average Bonchev–Trinajstić information content (AvgIpc) is 3.17. The van der Waals surface area contributed by atoms with Crippen LogP contribution in [0.2, 0.25) is 5.02 Å².